The Balaban J connectivity index is 1.80. The molecule has 1 heterocycles. The third-order valence-corrected chi connectivity index (χ3v) is 4.27. The summed E-state index contributed by atoms with van der Waals surface area (Å²) in [6.45, 7) is 0. The van der Waals surface area contributed by atoms with Gasteiger partial charge in [-0.25, -0.2) is 5.01 Å². The number of rotatable bonds is 4. The van der Waals surface area contributed by atoms with Crippen molar-refractivity contribution in [2.45, 2.75) is 11.4 Å². The normalized spacial score (nSPS) is 19.2. The molecule has 0 aliphatic carbocycles. The Morgan fingerprint density at radius 3 is 2.44 bits per heavy atom. The molecular weight excluding hydrogens is 350 g/mol. The van der Waals surface area contributed by atoms with Crippen LogP contribution in [0.1, 0.15) is 22.0 Å². The van der Waals surface area contributed by atoms with Gasteiger partial charge in [-0.15, -0.1) is 11.6 Å². The van der Waals surface area contributed by atoms with E-state index in [-0.39, 0.29) is 17.0 Å². The Morgan fingerprint density at radius 2 is 1.84 bits per heavy atom. The van der Waals surface area contributed by atoms with Gasteiger partial charge in [-0.2, -0.15) is 0 Å². The number of phenols is 1. The van der Waals surface area contributed by atoms with Crippen molar-refractivity contribution in [1.82, 2.24) is 10.4 Å². The zero-order valence-electron chi connectivity index (χ0n) is 12.6. The van der Waals surface area contributed by atoms with Crippen molar-refractivity contribution in [2.24, 2.45) is 0 Å². The van der Waals surface area contributed by atoms with Crippen molar-refractivity contribution in [3.05, 3.63) is 69.8 Å². The van der Waals surface area contributed by atoms with Crippen LogP contribution in [-0.2, 0) is 4.79 Å². The van der Waals surface area contributed by atoms with Gasteiger partial charge in [-0.05, 0) is 29.8 Å². The van der Waals surface area contributed by atoms with Gasteiger partial charge in [0.25, 0.3) is 17.5 Å². The maximum absolute atomic E-state index is 12.2. The van der Waals surface area contributed by atoms with Gasteiger partial charge in [0, 0.05) is 12.1 Å². The second-order valence-electron chi connectivity index (χ2n) is 5.36. The molecule has 9 heteroatoms. The van der Waals surface area contributed by atoms with Crippen LogP contribution in [0.4, 0.5) is 5.69 Å². The number of para-hydroxylation sites is 1. The summed E-state index contributed by atoms with van der Waals surface area (Å²) < 4.78 is 0. The number of hydrazine groups is 1. The summed E-state index contributed by atoms with van der Waals surface area (Å²) in [7, 11) is 0. The maximum atomic E-state index is 12.2. The number of carbonyl (C=O) groups excluding carboxylic acids is 2. The standard InChI is InChI=1S/C16H12ClN3O5/c17-13-14(9-5-7-10(8-6-9)20(24)25)19(16(13)23)18-15(22)11-3-1-2-4-12(11)21/h1-8,13-14,21H,(H,18,22)/t13-,14+/m1/s1. The zero-order chi connectivity index (χ0) is 18.1. The van der Waals surface area contributed by atoms with Crippen LogP contribution in [0, 0.1) is 10.1 Å². The lowest BCUT2D eigenvalue weighted by atomic mass is 9.95. The monoisotopic (exact) mass is 361 g/mol. The SMILES string of the molecule is O=C(NN1C(=O)[C@H](Cl)[C@@H]1c1ccc([N+](=O)[O-])cc1)c1ccccc1O. The minimum absolute atomic E-state index is 0.00997. The number of carbonyl (C=O) groups is 2. The van der Waals surface area contributed by atoms with E-state index < -0.39 is 28.2 Å². The largest absolute Gasteiger partial charge is 0.507 e. The second kappa shape index (κ2) is 6.40. The van der Waals surface area contributed by atoms with E-state index in [9.17, 15) is 24.8 Å². The lowest BCUT2D eigenvalue weighted by Crippen LogP contribution is -2.63. The lowest BCUT2D eigenvalue weighted by Gasteiger charge is -2.43. The Morgan fingerprint density at radius 1 is 1.20 bits per heavy atom. The molecule has 0 saturated carbocycles. The number of amides is 2. The van der Waals surface area contributed by atoms with Crippen molar-refractivity contribution in [3.63, 3.8) is 0 Å². The number of alkyl halides is 1. The second-order valence-corrected chi connectivity index (χ2v) is 5.83. The van der Waals surface area contributed by atoms with Crippen LogP contribution in [0.3, 0.4) is 0 Å². The summed E-state index contributed by atoms with van der Waals surface area (Å²) in [6, 6.07) is 10.8. The molecule has 1 saturated heterocycles. The first-order valence-corrected chi connectivity index (χ1v) is 7.64. The highest BCUT2D eigenvalue weighted by atomic mass is 35.5. The predicted octanol–water partition coefficient (Wildman–Crippen LogP) is 2.14. The number of non-ortho nitro benzene ring substituents is 1. The minimum atomic E-state index is -0.897. The van der Waals surface area contributed by atoms with E-state index in [0.29, 0.717) is 5.56 Å². The topological polar surface area (TPSA) is 113 Å². The Kier molecular flexibility index (Phi) is 4.28. The number of phenolic OH excluding ortho intramolecular Hbond substituents is 1. The van der Waals surface area contributed by atoms with Gasteiger partial charge in [0.15, 0.2) is 0 Å². The average molecular weight is 362 g/mol. The molecule has 0 aromatic heterocycles. The van der Waals surface area contributed by atoms with Gasteiger partial charge < -0.3 is 5.11 Å². The van der Waals surface area contributed by atoms with E-state index in [1.165, 1.54) is 36.4 Å². The van der Waals surface area contributed by atoms with Crippen LogP contribution >= 0.6 is 11.6 Å². The highest BCUT2D eigenvalue weighted by Gasteiger charge is 2.48. The molecule has 2 aromatic carbocycles. The van der Waals surface area contributed by atoms with Crippen LogP contribution in [0.15, 0.2) is 48.5 Å². The fraction of sp³-hybridized carbons (Fsp3) is 0.125. The molecule has 2 amide bonds. The third kappa shape index (κ3) is 2.99. The molecule has 0 spiro atoms. The van der Waals surface area contributed by atoms with E-state index in [0.717, 1.165) is 5.01 Å². The molecule has 1 fully saturated rings. The molecule has 1 aliphatic heterocycles. The molecule has 2 atom stereocenters. The quantitative estimate of drug-likeness (QED) is 0.375. The molecule has 25 heavy (non-hydrogen) atoms. The highest BCUT2D eigenvalue weighted by Crippen LogP contribution is 2.37. The average Bonchev–Trinajstić information content (AvgIpc) is 2.61. The third-order valence-electron chi connectivity index (χ3n) is 3.84. The molecule has 128 valence electrons. The minimum Gasteiger partial charge on any atom is -0.507 e. The first-order valence-electron chi connectivity index (χ1n) is 7.20. The van der Waals surface area contributed by atoms with Gasteiger partial charge >= 0.3 is 0 Å². The van der Waals surface area contributed by atoms with Gasteiger partial charge in [0.05, 0.1) is 10.5 Å². The summed E-state index contributed by atoms with van der Waals surface area (Å²) in [4.78, 5) is 34.4. The zero-order valence-corrected chi connectivity index (χ0v) is 13.4. The van der Waals surface area contributed by atoms with Crippen molar-refractivity contribution in [2.75, 3.05) is 0 Å². The van der Waals surface area contributed by atoms with Crippen LogP contribution < -0.4 is 5.43 Å². The summed E-state index contributed by atoms with van der Waals surface area (Å²) in [6.07, 6.45) is 0. The summed E-state index contributed by atoms with van der Waals surface area (Å²) >= 11 is 6.03. The van der Waals surface area contributed by atoms with Crippen molar-refractivity contribution in [1.29, 1.82) is 0 Å². The Hall–Kier alpha value is -3.13. The Bertz CT molecular complexity index is 855. The van der Waals surface area contributed by atoms with Crippen LogP contribution in [0.2, 0.25) is 0 Å². The van der Waals surface area contributed by atoms with E-state index in [4.69, 9.17) is 11.6 Å². The van der Waals surface area contributed by atoms with Crippen LogP contribution in [0.25, 0.3) is 0 Å². The molecule has 0 unspecified atom stereocenters. The van der Waals surface area contributed by atoms with E-state index in [2.05, 4.69) is 5.43 Å². The number of nitrogens with zero attached hydrogens (tertiary/aromatic N) is 2. The molecule has 1 aliphatic rings. The maximum Gasteiger partial charge on any atom is 0.273 e. The number of hydrogen-bond donors (Lipinski definition) is 2. The number of nitro groups is 1. The predicted molar refractivity (Wildman–Crippen MR) is 87.9 cm³/mol. The first kappa shape index (κ1) is 16.7. The van der Waals surface area contributed by atoms with Gasteiger partial charge in [-0.1, -0.05) is 12.1 Å². The molecule has 2 N–H and O–H groups in total. The number of halogens is 1. The fourth-order valence-corrected chi connectivity index (χ4v) is 2.89. The van der Waals surface area contributed by atoms with E-state index in [1.54, 1.807) is 12.1 Å². The number of β-lactam (4-membered cyclic amide) rings is 1. The van der Waals surface area contributed by atoms with Crippen LogP contribution in [0.5, 0.6) is 5.75 Å². The molecule has 2 aromatic rings. The molecule has 8 nitrogen and oxygen atoms in total. The highest BCUT2D eigenvalue weighted by molar-refractivity contribution is 6.33. The van der Waals surface area contributed by atoms with E-state index >= 15 is 0 Å². The van der Waals surface area contributed by atoms with Gasteiger partial charge in [-0.3, -0.25) is 25.1 Å². The Labute approximate surface area is 146 Å². The molecule has 0 bridgehead atoms. The number of nitrogens with one attached hydrogen (secondary N) is 1. The van der Waals surface area contributed by atoms with Gasteiger partial charge in [0.2, 0.25) is 0 Å². The fourth-order valence-electron chi connectivity index (χ4n) is 2.52. The molecular formula is C16H12ClN3O5. The number of benzene rings is 2. The number of hydrogen-bond acceptors (Lipinski definition) is 5. The smallest absolute Gasteiger partial charge is 0.273 e. The van der Waals surface area contributed by atoms with Crippen molar-refractivity contribution >= 4 is 29.1 Å². The first-order chi connectivity index (χ1) is 11.9. The van der Waals surface area contributed by atoms with Crippen LogP contribution in [-0.4, -0.2) is 32.2 Å². The number of nitro benzene ring substituents is 1. The molecule has 0 radical (unpaired) electrons. The van der Waals surface area contributed by atoms with Gasteiger partial charge in [0.1, 0.15) is 17.2 Å². The summed E-state index contributed by atoms with van der Waals surface area (Å²) in [5, 5.41) is 20.6. The molecule has 3 rings (SSSR count). The summed E-state index contributed by atoms with van der Waals surface area (Å²) in [5.41, 5.74) is 2.87. The summed E-state index contributed by atoms with van der Waals surface area (Å²) in [5.74, 6) is -1.39. The lowest BCUT2D eigenvalue weighted by molar-refractivity contribution is -0.384. The van der Waals surface area contributed by atoms with Crippen molar-refractivity contribution < 1.29 is 19.6 Å². The van der Waals surface area contributed by atoms with E-state index in [1.807, 2.05) is 0 Å². The number of aromatic hydroxyl groups is 1. The van der Waals surface area contributed by atoms with Crippen molar-refractivity contribution in [3.8, 4) is 5.75 Å².